The molecule has 1 aromatic rings. The van der Waals surface area contributed by atoms with Gasteiger partial charge in [0.25, 0.3) is 0 Å². The van der Waals surface area contributed by atoms with Gasteiger partial charge in [-0.1, -0.05) is 6.92 Å². The zero-order valence-corrected chi connectivity index (χ0v) is 10.5. The number of ether oxygens (including phenoxy) is 1. The summed E-state index contributed by atoms with van der Waals surface area (Å²) in [5.74, 6) is 0.546. The van der Waals surface area contributed by atoms with E-state index >= 15 is 0 Å². The SMILES string of the molecule is CCCNC(c1cnsn1)C1CCCOC1. The zero-order chi connectivity index (χ0) is 11.2. The maximum absolute atomic E-state index is 5.56. The third-order valence-electron chi connectivity index (χ3n) is 2.98. The van der Waals surface area contributed by atoms with Crippen LogP contribution in [0.25, 0.3) is 0 Å². The lowest BCUT2D eigenvalue weighted by Crippen LogP contribution is -2.34. The molecule has 5 heteroatoms. The van der Waals surface area contributed by atoms with E-state index in [0.717, 1.165) is 38.3 Å². The standard InChI is InChI=1S/C11H19N3OS/c1-2-5-12-11(10-7-13-16-14-10)9-4-3-6-15-8-9/h7,9,11-12H,2-6,8H2,1H3. The molecule has 0 spiro atoms. The summed E-state index contributed by atoms with van der Waals surface area (Å²) in [6, 6.07) is 0.319. The average molecular weight is 241 g/mol. The first kappa shape index (κ1) is 12.0. The molecule has 1 aliphatic heterocycles. The van der Waals surface area contributed by atoms with Gasteiger partial charge in [-0.05, 0) is 25.8 Å². The largest absolute Gasteiger partial charge is 0.381 e. The Hall–Kier alpha value is -0.520. The summed E-state index contributed by atoms with van der Waals surface area (Å²) in [4.78, 5) is 0. The second-order valence-corrected chi connectivity index (χ2v) is 4.80. The van der Waals surface area contributed by atoms with Crippen LogP contribution in [0, 0.1) is 5.92 Å². The van der Waals surface area contributed by atoms with E-state index in [4.69, 9.17) is 4.74 Å². The summed E-state index contributed by atoms with van der Waals surface area (Å²) in [6.07, 6.45) is 5.40. The number of hydrogen-bond acceptors (Lipinski definition) is 5. The molecule has 2 rings (SSSR count). The zero-order valence-electron chi connectivity index (χ0n) is 9.69. The van der Waals surface area contributed by atoms with Gasteiger partial charge in [0.05, 0.1) is 36.3 Å². The molecule has 0 aliphatic carbocycles. The van der Waals surface area contributed by atoms with Gasteiger partial charge in [-0.25, -0.2) is 0 Å². The molecule has 1 aliphatic rings. The predicted molar refractivity (Wildman–Crippen MR) is 64.5 cm³/mol. The van der Waals surface area contributed by atoms with Gasteiger partial charge in [0.15, 0.2) is 0 Å². The average Bonchev–Trinajstić information content (AvgIpc) is 2.85. The summed E-state index contributed by atoms with van der Waals surface area (Å²) >= 11 is 1.28. The molecule has 0 radical (unpaired) electrons. The van der Waals surface area contributed by atoms with Crippen LogP contribution in [0.15, 0.2) is 6.20 Å². The van der Waals surface area contributed by atoms with E-state index in [1.807, 2.05) is 6.20 Å². The van der Waals surface area contributed by atoms with Gasteiger partial charge in [0.2, 0.25) is 0 Å². The molecule has 1 aromatic heterocycles. The molecule has 0 aromatic carbocycles. The van der Waals surface area contributed by atoms with Gasteiger partial charge in [-0.2, -0.15) is 8.75 Å². The van der Waals surface area contributed by atoms with E-state index in [1.54, 1.807) is 0 Å². The first-order valence-electron chi connectivity index (χ1n) is 6.00. The Morgan fingerprint density at radius 1 is 1.69 bits per heavy atom. The van der Waals surface area contributed by atoms with Crippen LogP contribution >= 0.6 is 11.7 Å². The number of nitrogens with one attached hydrogen (secondary N) is 1. The fourth-order valence-electron chi connectivity index (χ4n) is 2.15. The number of hydrogen-bond donors (Lipinski definition) is 1. The van der Waals surface area contributed by atoms with Crippen molar-refractivity contribution in [1.29, 1.82) is 0 Å². The molecule has 4 nitrogen and oxygen atoms in total. The first-order chi connectivity index (χ1) is 7.92. The molecule has 0 amide bonds. The molecule has 16 heavy (non-hydrogen) atoms. The van der Waals surface area contributed by atoms with Crippen LogP contribution in [0.5, 0.6) is 0 Å². The van der Waals surface area contributed by atoms with E-state index in [2.05, 4.69) is 21.0 Å². The minimum Gasteiger partial charge on any atom is -0.381 e. The smallest absolute Gasteiger partial charge is 0.0915 e. The summed E-state index contributed by atoms with van der Waals surface area (Å²) in [7, 11) is 0. The van der Waals surface area contributed by atoms with Crippen LogP contribution < -0.4 is 5.32 Å². The first-order valence-corrected chi connectivity index (χ1v) is 6.73. The highest BCUT2D eigenvalue weighted by Gasteiger charge is 2.26. The van der Waals surface area contributed by atoms with Crippen molar-refractivity contribution in [2.24, 2.45) is 5.92 Å². The Morgan fingerprint density at radius 3 is 3.25 bits per heavy atom. The van der Waals surface area contributed by atoms with Gasteiger partial charge < -0.3 is 10.1 Å². The molecule has 1 saturated heterocycles. The van der Waals surface area contributed by atoms with Crippen molar-refractivity contribution in [2.75, 3.05) is 19.8 Å². The van der Waals surface area contributed by atoms with E-state index in [1.165, 1.54) is 18.1 Å². The van der Waals surface area contributed by atoms with E-state index in [-0.39, 0.29) is 0 Å². The van der Waals surface area contributed by atoms with Gasteiger partial charge >= 0.3 is 0 Å². The molecular formula is C11H19N3OS. The van der Waals surface area contributed by atoms with E-state index in [9.17, 15) is 0 Å². The molecule has 2 heterocycles. The van der Waals surface area contributed by atoms with E-state index in [0.29, 0.717) is 12.0 Å². The normalized spacial score (nSPS) is 23.2. The van der Waals surface area contributed by atoms with Gasteiger partial charge in [-0.3, -0.25) is 0 Å². The summed E-state index contributed by atoms with van der Waals surface area (Å²) in [6.45, 7) is 4.96. The van der Waals surface area contributed by atoms with Crippen molar-refractivity contribution in [2.45, 2.75) is 32.2 Å². The molecule has 1 N–H and O–H groups in total. The molecule has 1 fully saturated rings. The maximum Gasteiger partial charge on any atom is 0.0915 e. The van der Waals surface area contributed by atoms with Crippen molar-refractivity contribution in [1.82, 2.24) is 14.1 Å². The number of nitrogens with zero attached hydrogens (tertiary/aromatic N) is 2. The molecule has 2 unspecified atom stereocenters. The molecule has 0 saturated carbocycles. The Labute approximate surface area is 101 Å². The minimum absolute atomic E-state index is 0.319. The van der Waals surface area contributed by atoms with Crippen LogP contribution in [0.2, 0.25) is 0 Å². The quantitative estimate of drug-likeness (QED) is 0.856. The van der Waals surface area contributed by atoms with E-state index < -0.39 is 0 Å². The van der Waals surface area contributed by atoms with Crippen LogP contribution in [0.3, 0.4) is 0 Å². The van der Waals surface area contributed by atoms with Crippen molar-refractivity contribution < 1.29 is 4.74 Å². The third kappa shape index (κ3) is 2.99. The maximum atomic E-state index is 5.56. The monoisotopic (exact) mass is 241 g/mol. The highest BCUT2D eigenvalue weighted by molar-refractivity contribution is 6.99. The Balaban J connectivity index is 2.01. The lowest BCUT2D eigenvalue weighted by Gasteiger charge is -2.29. The van der Waals surface area contributed by atoms with Crippen LogP contribution in [-0.2, 0) is 4.74 Å². The fourth-order valence-corrected chi connectivity index (χ4v) is 2.61. The fraction of sp³-hybridized carbons (Fsp3) is 0.818. The molecular weight excluding hydrogens is 222 g/mol. The second-order valence-electron chi connectivity index (χ2n) is 4.24. The van der Waals surface area contributed by atoms with Crippen molar-refractivity contribution in [3.05, 3.63) is 11.9 Å². The summed E-state index contributed by atoms with van der Waals surface area (Å²) in [5.41, 5.74) is 1.08. The Bertz CT molecular complexity index is 285. The number of rotatable bonds is 5. The highest BCUT2D eigenvalue weighted by atomic mass is 32.1. The Morgan fingerprint density at radius 2 is 2.62 bits per heavy atom. The lowest BCUT2D eigenvalue weighted by atomic mass is 9.92. The van der Waals surface area contributed by atoms with Gasteiger partial charge in [0.1, 0.15) is 0 Å². The van der Waals surface area contributed by atoms with Crippen LogP contribution in [0.4, 0.5) is 0 Å². The lowest BCUT2D eigenvalue weighted by molar-refractivity contribution is 0.0385. The highest BCUT2D eigenvalue weighted by Crippen LogP contribution is 2.27. The summed E-state index contributed by atoms with van der Waals surface area (Å²) < 4.78 is 14.0. The molecule has 0 bridgehead atoms. The number of aromatic nitrogens is 2. The van der Waals surface area contributed by atoms with Crippen LogP contribution in [-0.4, -0.2) is 28.5 Å². The molecule has 90 valence electrons. The van der Waals surface area contributed by atoms with Crippen molar-refractivity contribution in [3.8, 4) is 0 Å². The second kappa shape index (κ2) is 6.27. The topological polar surface area (TPSA) is 47.0 Å². The van der Waals surface area contributed by atoms with Crippen molar-refractivity contribution >= 4 is 11.7 Å². The van der Waals surface area contributed by atoms with Gasteiger partial charge in [0, 0.05) is 12.5 Å². The van der Waals surface area contributed by atoms with Crippen molar-refractivity contribution in [3.63, 3.8) is 0 Å². The third-order valence-corrected chi connectivity index (χ3v) is 3.47. The summed E-state index contributed by atoms with van der Waals surface area (Å²) in [5, 5.41) is 3.57. The van der Waals surface area contributed by atoms with Crippen LogP contribution in [0.1, 0.15) is 37.9 Å². The minimum atomic E-state index is 0.319. The van der Waals surface area contributed by atoms with Gasteiger partial charge in [-0.15, -0.1) is 0 Å². The molecule has 2 atom stereocenters. The predicted octanol–water partition coefficient (Wildman–Crippen LogP) is 2.01. The Kier molecular flexibility index (Phi) is 4.69.